The number of nitrogens with one attached hydrogen (secondary N) is 1. The molecule has 2 aromatic rings. The molecule has 0 bridgehead atoms. The topological polar surface area (TPSA) is 47.6 Å². The number of ether oxygens (including phenoxy) is 2. The Kier molecular flexibility index (Phi) is 5.79. The minimum atomic E-state index is -4.53. The van der Waals surface area contributed by atoms with Gasteiger partial charge in [0.25, 0.3) is 5.91 Å². The van der Waals surface area contributed by atoms with Crippen LogP contribution in [-0.2, 0) is 11.0 Å². The molecule has 8 heteroatoms. The highest BCUT2D eigenvalue weighted by molar-refractivity contribution is 6.33. The molecule has 0 aliphatic carbocycles. The number of hydrogen-bond acceptors (Lipinski definition) is 3. The van der Waals surface area contributed by atoms with E-state index < -0.39 is 23.8 Å². The molecule has 1 N–H and O–H groups in total. The Morgan fingerprint density at radius 3 is 2.48 bits per heavy atom. The third kappa shape index (κ3) is 5.03. The molecule has 0 unspecified atom stereocenters. The van der Waals surface area contributed by atoms with E-state index in [9.17, 15) is 18.0 Å². The molecule has 0 aromatic heterocycles. The quantitative estimate of drug-likeness (QED) is 0.821. The standard InChI is InChI=1S/C17H15ClF3NO3/c1-10(25-13-5-3-4-12(9-13)24-2)16(23)22-15-8-11(17(19,20)21)6-7-14(15)18/h3-10H,1-2H3,(H,22,23)/t10-/m1/s1. The van der Waals surface area contributed by atoms with Crippen molar-refractivity contribution in [3.8, 4) is 11.5 Å². The van der Waals surface area contributed by atoms with Gasteiger partial charge in [0.05, 0.1) is 23.4 Å². The average Bonchev–Trinajstić information content (AvgIpc) is 2.55. The summed E-state index contributed by atoms with van der Waals surface area (Å²) in [5, 5.41) is 2.34. The van der Waals surface area contributed by atoms with Crippen LogP contribution in [-0.4, -0.2) is 19.1 Å². The van der Waals surface area contributed by atoms with Gasteiger partial charge in [0.1, 0.15) is 11.5 Å². The fourth-order valence-corrected chi connectivity index (χ4v) is 2.13. The monoisotopic (exact) mass is 373 g/mol. The lowest BCUT2D eigenvalue weighted by Gasteiger charge is -2.16. The number of halogens is 4. The summed E-state index contributed by atoms with van der Waals surface area (Å²) in [6, 6.07) is 9.30. The van der Waals surface area contributed by atoms with Crippen molar-refractivity contribution in [3.05, 3.63) is 53.1 Å². The molecule has 0 saturated heterocycles. The first-order valence-electron chi connectivity index (χ1n) is 7.19. The van der Waals surface area contributed by atoms with Crippen LogP contribution in [0.2, 0.25) is 5.02 Å². The van der Waals surface area contributed by atoms with Crippen LogP contribution in [0.3, 0.4) is 0 Å². The number of carbonyl (C=O) groups is 1. The molecule has 25 heavy (non-hydrogen) atoms. The molecular weight excluding hydrogens is 359 g/mol. The predicted molar refractivity (Wildman–Crippen MR) is 88.2 cm³/mol. The molecule has 0 spiro atoms. The lowest BCUT2D eigenvalue weighted by atomic mass is 10.2. The Labute approximate surface area is 147 Å². The van der Waals surface area contributed by atoms with E-state index in [4.69, 9.17) is 21.1 Å². The van der Waals surface area contributed by atoms with Gasteiger partial charge in [0, 0.05) is 6.07 Å². The second-order valence-electron chi connectivity index (χ2n) is 5.12. The first-order valence-corrected chi connectivity index (χ1v) is 7.57. The number of hydrogen-bond donors (Lipinski definition) is 1. The summed E-state index contributed by atoms with van der Waals surface area (Å²) in [4.78, 5) is 12.2. The Morgan fingerprint density at radius 2 is 1.84 bits per heavy atom. The van der Waals surface area contributed by atoms with Crippen LogP contribution < -0.4 is 14.8 Å². The normalized spacial score (nSPS) is 12.4. The molecule has 0 saturated carbocycles. The maximum Gasteiger partial charge on any atom is 0.416 e. The zero-order valence-electron chi connectivity index (χ0n) is 13.4. The number of amides is 1. The molecule has 0 radical (unpaired) electrons. The van der Waals surface area contributed by atoms with Crippen LogP contribution in [0.15, 0.2) is 42.5 Å². The zero-order chi connectivity index (χ0) is 18.6. The van der Waals surface area contributed by atoms with E-state index in [1.165, 1.54) is 14.0 Å². The summed E-state index contributed by atoms with van der Waals surface area (Å²) >= 11 is 5.86. The minimum Gasteiger partial charge on any atom is -0.497 e. The molecule has 1 amide bonds. The molecular formula is C17H15ClF3NO3. The lowest BCUT2D eigenvalue weighted by molar-refractivity contribution is -0.137. The van der Waals surface area contributed by atoms with Crippen LogP contribution in [0.5, 0.6) is 11.5 Å². The predicted octanol–water partition coefficient (Wildman–Crippen LogP) is 4.77. The molecule has 0 heterocycles. The van der Waals surface area contributed by atoms with E-state index >= 15 is 0 Å². The maximum atomic E-state index is 12.8. The van der Waals surface area contributed by atoms with Gasteiger partial charge in [-0.05, 0) is 37.3 Å². The Morgan fingerprint density at radius 1 is 1.16 bits per heavy atom. The second-order valence-corrected chi connectivity index (χ2v) is 5.53. The van der Waals surface area contributed by atoms with E-state index in [0.29, 0.717) is 11.5 Å². The third-order valence-electron chi connectivity index (χ3n) is 3.27. The Bertz CT molecular complexity index is 765. The van der Waals surface area contributed by atoms with Crippen molar-refractivity contribution in [2.45, 2.75) is 19.2 Å². The van der Waals surface area contributed by atoms with Gasteiger partial charge in [0.2, 0.25) is 0 Å². The van der Waals surface area contributed by atoms with Crippen molar-refractivity contribution in [2.24, 2.45) is 0 Å². The van der Waals surface area contributed by atoms with Crippen molar-refractivity contribution in [3.63, 3.8) is 0 Å². The highest BCUT2D eigenvalue weighted by Crippen LogP contribution is 2.34. The number of anilines is 1. The first-order chi connectivity index (χ1) is 11.7. The van der Waals surface area contributed by atoms with Crippen molar-refractivity contribution in [2.75, 3.05) is 12.4 Å². The summed E-state index contributed by atoms with van der Waals surface area (Å²) in [7, 11) is 1.49. The van der Waals surface area contributed by atoms with Gasteiger partial charge in [-0.15, -0.1) is 0 Å². The minimum absolute atomic E-state index is 0.00469. The van der Waals surface area contributed by atoms with E-state index in [1.54, 1.807) is 24.3 Å². The van der Waals surface area contributed by atoms with Crippen molar-refractivity contribution < 1.29 is 27.4 Å². The van der Waals surface area contributed by atoms with Crippen LogP contribution >= 0.6 is 11.6 Å². The smallest absolute Gasteiger partial charge is 0.416 e. The molecule has 2 aromatic carbocycles. The Balaban J connectivity index is 2.10. The summed E-state index contributed by atoms with van der Waals surface area (Å²) in [6.45, 7) is 1.47. The van der Waals surface area contributed by atoms with E-state index in [-0.39, 0.29) is 10.7 Å². The van der Waals surface area contributed by atoms with Gasteiger partial charge in [-0.25, -0.2) is 0 Å². The van der Waals surface area contributed by atoms with Crippen LogP contribution in [0.1, 0.15) is 12.5 Å². The lowest BCUT2D eigenvalue weighted by Crippen LogP contribution is -2.30. The van der Waals surface area contributed by atoms with Gasteiger partial charge >= 0.3 is 6.18 Å². The molecule has 2 rings (SSSR count). The van der Waals surface area contributed by atoms with Gasteiger partial charge in [-0.1, -0.05) is 17.7 Å². The van der Waals surface area contributed by atoms with E-state index in [1.807, 2.05) is 0 Å². The van der Waals surface area contributed by atoms with E-state index in [0.717, 1.165) is 18.2 Å². The SMILES string of the molecule is COc1cccc(O[C@H](C)C(=O)Nc2cc(C(F)(F)F)ccc2Cl)c1. The molecule has 0 fully saturated rings. The van der Waals surface area contributed by atoms with Crippen LogP contribution in [0.4, 0.5) is 18.9 Å². The highest BCUT2D eigenvalue weighted by Gasteiger charge is 2.31. The van der Waals surface area contributed by atoms with E-state index in [2.05, 4.69) is 5.32 Å². The number of carbonyl (C=O) groups excluding carboxylic acids is 1. The molecule has 134 valence electrons. The molecule has 0 aliphatic rings. The zero-order valence-corrected chi connectivity index (χ0v) is 14.1. The van der Waals surface area contributed by atoms with Gasteiger partial charge in [-0.2, -0.15) is 13.2 Å². The van der Waals surface area contributed by atoms with Gasteiger partial charge in [0.15, 0.2) is 6.10 Å². The van der Waals surface area contributed by atoms with Gasteiger partial charge < -0.3 is 14.8 Å². The fourth-order valence-electron chi connectivity index (χ4n) is 1.96. The largest absolute Gasteiger partial charge is 0.497 e. The molecule has 1 atom stereocenters. The number of alkyl halides is 3. The summed E-state index contributed by atoms with van der Waals surface area (Å²) in [5.41, 5.74) is -1.05. The maximum absolute atomic E-state index is 12.8. The molecule has 4 nitrogen and oxygen atoms in total. The number of benzene rings is 2. The van der Waals surface area contributed by atoms with Gasteiger partial charge in [-0.3, -0.25) is 4.79 Å². The Hall–Kier alpha value is -2.41. The summed E-state index contributed by atoms with van der Waals surface area (Å²) in [6.07, 6.45) is -5.50. The third-order valence-corrected chi connectivity index (χ3v) is 3.60. The van der Waals surface area contributed by atoms with Crippen molar-refractivity contribution >= 4 is 23.2 Å². The van der Waals surface area contributed by atoms with Crippen LogP contribution in [0, 0.1) is 0 Å². The summed E-state index contributed by atoms with van der Waals surface area (Å²) in [5.74, 6) is 0.298. The van der Waals surface area contributed by atoms with Crippen molar-refractivity contribution in [1.29, 1.82) is 0 Å². The second kappa shape index (κ2) is 7.65. The number of rotatable bonds is 5. The first kappa shape index (κ1) is 18.9. The summed E-state index contributed by atoms with van der Waals surface area (Å²) < 4.78 is 48.8. The fraction of sp³-hybridized carbons (Fsp3) is 0.235. The number of methoxy groups -OCH3 is 1. The van der Waals surface area contributed by atoms with Crippen LogP contribution in [0.25, 0.3) is 0 Å². The van der Waals surface area contributed by atoms with Crippen molar-refractivity contribution in [1.82, 2.24) is 0 Å². The molecule has 0 aliphatic heterocycles. The highest BCUT2D eigenvalue weighted by atomic mass is 35.5. The average molecular weight is 374 g/mol.